The number of esters is 1. The topological polar surface area (TPSA) is 67.8 Å². The largest absolute Gasteiger partial charge is 0.461 e. The van der Waals surface area contributed by atoms with Crippen LogP contribution in [0.15, 0.2) is 45.9 Å². The van der Waals surface area contributed by atoms with E-state index in [1.54, 1.807) is 13.0 Å². The van der Waals surface area contributed by atoms with Crippen molar-refractivity contribution >= 4 is 33.6 Å². The molecule has 116 valence electrons. The van der Waals surface area contributed by atoms with Gasteiger partial charge in [0.1, 0.15) is 12.5 Å². The van der Waals surface area contributed by atoms with Gasteiger partial charge in [0.15, 0.2) is 0 Å². The Morgan fingerprint density at radius 2 is 2.09 bits per heavy atom. The predicted octanol–water partition coefficient (Wildman–Crippen LogP) is 3.41. The average molecular weight is 365 g/mol. The monoisotopic (exact) mass is 364 g/mol. The first kappa shape index (κ1) is 16.4. The van der Waals surface area contributed by atoms with E-state index in [0.29, 0.717) is 5.71 Å². The Bertz CT molecular complexity index is 623. The Labute approximate surface area is 137 Å². The Kier molecular flexibility index (Phi) is 5.49. The lowest BCUT2D eigenvalue weighted by molar-refractivity contribution is -0.145. The standard InChI is InChI=1S/C16H17BrN2O3/c1-3-4-9-22-15(20)13-10(2)18-16(21)19-14(13)11-5-7-12(17)8-6-11/h3-8,13-14H,9H2,1-2H3,(H,19,21). The van der Waals surface area contributed by atoms with Gasteiger partial charge in [0.2, 0.25) is 0 Å². The molecule has 1 aliphatic rings. The van der Waals surface area contributed by atoms with Gasteiger partial charge < -0.3 is 10.1 Å². The van der Waals surface area contributed by atoms with Gasteiger partial charge in [-0.2, -0.15) is 0 Å². The van der Waals surface area contributed by atoms with Crippen LogP contribution in [0, 0.1) is 5.92 Å². The number of urea groups is 1. The minimum absolute atomic E-state index is 0.208. The van der Waals surface area contributed by atoms with Crippen LogP contribution < -0.4 is 5.32 Å². The molecule has 0 spiro atoms. The quantitative estimate of drug-likeness (QED) is 0.657. The summed E-state index contributed by atoms with van der Waals surface area (Å²) in [5.41, 5.74) is 1.29. The molecule has 2 amide bonds. The summed E-state index contributed by atoms with van der Waals surface area (Å²) in [5.74, 6) is -1.02. The van der Waals surface area contributed by atoms with E-state index >= 15 is 0 Å². The lowest BCUT2D eigenvalue weighted by Gasteiger charge is -2.29. The number of halogens is 1. The lowest BCUT2D eigenvalue weighted by atomic mass is 9.88. The third-order valence-corrected chi connectivity index (χ3v) is 3.91. The van der Waals surface area contributed by atoms with Crippen molar-refractivity contribution in [1.82, 2.24) is 5.32 Å². The van der Waals surface area contributed by atoms with Crippen LogP contribution in [0.25, 0.3) is 0 Å². The van der Waals surface area contributed by atoms with Gasteiger partial charge in [0, 0.05) is 10.2 Å². The molecule has 0 aliphatic carbocycles. The molecule has 1 N–H and O–H groups in total. The van der Waals surface area contributed by atoms with Crippen LogP contribution in [0.1, 0.15) is 25.5 Å². The summed E-state index contributed by atoms with van der Waals surface area (Å²) in [6.07, 6.45) is 3.56. The average Bonchev–Trinajstić information content (AvgIpc) is 2.47. The molecule has 0 fully saturated rings. The second-order valence-corrected chi connectivity index (χ2v) is 5.82. The number of amides is 2. The Balaban J connectivity index is 2.28. The number of ether oxygens (including phenoxy) is 1. The maximum atomic E-state index is 12.3. The first-order valence-electron chi connectivity index (χ1n) is 6.92. The fourth-order valence-electron chi connectivity index (χ4n) is 2.29. The van der Waals surface area contributed by atoms with Gasteiger partial charge in [-0.3, -0.25) is 4.79 Å². The van der Waals surface area contributed by atoms with Gasteiger partial charge in [-0.05, 0) is 31.5 Å². The first-order chi connectivity index (χ1) is 10.5. The van der Waals surface area contributed by atoms with Crippen molar-refractivity contribution in [3.63, 3.8) is 0 Å². The third-order valence-electron chi connectivity index (χ3n) is 3.38. The van der Waals surface area contributed by atoms with Gasteiger partial charge in [-0.25, -0.2) is 9.79 Å². The minimum atomic E-state index is -0.621. The molecule has 0 radical (unpaired) electrons. The number of rotatable bonds is 4. The maximum Gasteiger partial charge on any atom is 0.341 e. The van der Waals surface area contributed by atoms with E-state index in [1.165, 1.54) is 0 Å². The molecule has 1 heterocycles. The highest BCUT2D eigenvalue weighted by atomic mass is 79.9. The zero-order valence-corrected chi connectivity index (χ0v) is 14.0. The van der Waals surface area contributed by atoms with E-state index in [4.69, 9.17) is 4.74 Å². The van der Waals surface area contributed by atoms with Crippen molar-refractivity contribution in [3.05, 3.63) is 46.5 Å². The van der Waals surface area contributed by atoms with Crippen LogP contribution >= 0.6 is 15.9 Å². The summed E-state index contributed by atoms with van der Waals surface area (Å²) in [5, 5.41) is 2.74. The highest BCUT2D eigenvalue weighted by Crippen LogP contribution is 2.28. The third kappa shape index (κ3) is 3.82. The Morgan fingerprint density at radius 1 is 1.41 bits per heavy atom. The molecule has 1 aliphatic heterocycles. The molecular formula is C16H17BrN2O3. The number of nitrogens with one attached hydrogen (secondary N) is 1. The fourth-order valence-corrected chi connectivity index (χ4v) is 2.55. The molecule has 1 aromatic rings. The van der Waals surface area contributed by atoms with Crippen molar-refractivity contribution in [3.8, 4) is 0 Å². The number of hydrogen-bond acceptors (Lipinski definition) is 3. The maximum absolute atomic E-state index is 12.3. The van der Waals surface area contributed by atoms with E-state index in [0.717, 1.165) is 10.0 Å². The van der Waals surface area contributed by atoms with E-state index in [9.17, 15) is 9.59 Å². The smallest absolute Gasteiger partial charge is 0.341 e. The van der Waals surface area contributed by atoms with Gasteiger partial charge >= 0.3 is 12.0 Å². The van der Waals surface area contributed by atoms with Crippen LogP contribution in [0.5, 0.6) is 0 Å². The summed E-state index contributed by atoms with van der Waals surface area (Å²) in [7, 11) is 0. The molecule has 2 rings (SSSR count). The van der Waals surface area contributed by atoms with Crippen molar-refractivity contribution in [2.24, 2.45) is 10.9 Å². The zero-order valence-electron chi connectivity index (χ0n) is 12.4. The lowest BCUT2D eigenvalue weighted by Crippen LogP contribution is -2.44. The molecule has 6 heteroatoms. The number of nitrogens with zero attached hydrogens (tertiary/aromatic N) is 1. The van der Waals surface area contributed by atoms with Crippen molar-refractivity contribution < 1.29 is 14.3 Å². The molecule has 5 nitrogen and oxygen atoms in total. The number of carbonyl (C=O) groups is 2. The molecule has 0 saturated carbocycles. The van der Waals surface area contributed by atoms with E-state index in [1.807, 2.05) is 37.3 Å². The fraction of sp³-hybridized carbons (Fsp3) is 0.312. The highest BCUT2D eigenvalue weighted by Gasteiger charge is 2.37. The minimum Gasteiger partial charge on any atom is -0.461 e. The predicted molar refractivity (Wildman–Crippen MR) is 87.8 cm³/mol. The Morgan fingerprint density at radius 3 is 2.73 bits per heavy atom. The van der Waals surface area contributed by atoms with E-state index in [-0.39, 0.29) is 6.61 Å². The van der Waals surface area contributed by atoms with Gasteiger partial charge in [-0.15, -0.1) is 0 Å². The molecule has 0 aromatic heterocycles. The summed E-state index contributed by atoms with van der Waals surface area (Å²) >= 11 is 3.37. The zero-order chi connectivity index (χ0) is 16.1. The van der Waals surface area contributed by atoms with Crippen LogP contribution in [-0.2, 0) is 9.53 Å². The summed E-state index contributed by atoms with van der Waals surface area (Å²) in [4.78, 5) is 27.9. The number of aliphatic imine (C=N–C) groups is 1. The number of hydrogen-bond donors (Lipinski definition) is 1. The van der Waals surface area contributed by atoms with Crippen molar-refractivity contribution in [2.75, 3.05) is 6.61 Å². The van der Waals surface area contributed by atoms with Crippen molar-refractivity contribution in [2.45, 2.75) is 19.9 Å². The second-order valence-electron chi connectivity index (χ2n) is 4.91. The van der Waals surface area contributed by atoms with Crippen LogP contribution in [-0.4, -0.2) is 24.3 Å². The molecular weight excluding hydrogens is 348 g/mol. The second kappa shape index (κ2) is 7.35. The van der Waals surface area contributed by atoms with Gasteiger partial charge in [-0.1, -0.05) is 40.2 Å². The SMILES string of the molecule is CC=CCOC(=O)C1C(C)=NC(=O)NC1c1ccc(Br)cc1. The van der Waals surface area contributed by atoms with E-state index < -0.39 is 24.0 Å². The normalized spacial score (nSPS) is 21.4. The highest BCUT2D eigenvalue weighted by molar-refractivity contribution is 9.10. The van der Waals surface area contributed by atoms with Gasteiger partial charge in [0.05, 0.1) is 6.04 Å². The van der Waals surface area contributed by atoms with E-state index in [2.05, 4.69) is 26.2 Å². The van der Waals surface area contributed by atoms with Gasteiger partial charge in [0.25, 0.3) is 0 Å². The summed E-state index contributed by atoms with van der Waals surface area (Å²) in [6.45, 7) is 3.73. The van der Waals surface area contributed by atoms with Crippen LogP contribution in [0.4, 0.5) is 4.79 Å². The Hall–Kier alpha value is -1.95. The molecule has 2 atom stereocenters. The number of allylic oxidation sites excluding steroid dienone is 1. The molecule has 22 heavy (non-hydrogen) atoms. The van der Waals surface area contributed by atoms with Crippen LogP contribution in [0.2, 0.25) is 0 Å². The number of benzene rings is 1. The first-order valence-corrected chi connectivity index (χ1v) is 7.71. The van der Waals surface area contributed by atoms with Crippen molar-refractivity contribution in [1.29, 1.82) is 0 Å². The number of carbonyl (C=O) groups excluding carboxylic acids is 2. The summed E-state index contributed by atoms with van der Waals surface area (Å²) < 4.78 is 6.16. The molecule has 0 saturated heterocycles. The van der Waals surface area contributed by atoms with Crippen LogP contribution in [0.3, 0.4) is 0 Å². The summed E-state index contributed by atoms with van der Waals surface area (Å²) in [6, 6.07) is 6.54. The molecule has 0 bridgehead atoms. The molecule has 1 aromatic carbocycles. The molecule has 2 unspecified atom stereocenters.